The maximum Gasteiger partial charge on any atom is 0.225 e. The minimum Gasteiger partial charge on any atom is -0.326 e. The molecule has 0 saturated heterocycles. The molecule has 84 valence electrons. The van der Waals surface area contributed by atoms with Crippen molar-refractivity contribution in [1.29, 1.82) is 0 Å². The third-order valence-electron chi connectivity index (χ3n) is 1.98. The van der Waals surface area contributed by atoms with Crippen molar-refractivity contribution < 1.29 is 4.79 Å². The number of nitrogens with two attached hydrogens (primary N) is 1. The molecule has 5 nitrogen and oxygen atoms in total. The van der Waals surface area contributed by atoms with Gasteiger partial charge in [-0.1, -0.05) is 0 Å². The van der Waals surface area contributed by atoms with Crippen molar-refractivity contribution in [2.24, 2.45) is 12.8 Å². The Bertz CT molecular complexity index is 337. The second kappa shape index (κ2) is 4.44. The minimum absolute atomic E-state index is 0.0489. The van der Waals surface area contributed by atoms with Gasteiger partial charge in [0.05, 0.1) is 0 Å². The van der Waals surface area contributed by atoms with E-state index in [-0.39, 0.29) is 11.4 Å². The first-order valence-corrected chi connectivity index (χ1v) is 4.95. The van der Waals surface area contributed by atoms with E-state index >= 15 is 0 Å². The van der Waals surface area contributed by atoms with Crippen molar-refractivity contribution in [2.75, 3.05) is 5.32 Å². The fourth-order valence-corrected chi connectivity index (χ4v) is 1.12. The van der Waals surface area contributed by atoms with Gasteiger partial charge in [0.15, 0.2) is 5.82 Å². The van der Waals surface area contributed by atoms with E-state index in [4.69, 9.17) is 5.73 Å². The Morgan fingerprint density at radius 1 is 1.67 bits per heavy atom. The highest BCUT2D eigenvalue weighted by Crippen LogP contribution is 2.08. The van der Waals surface area contributed by atoms with Gasteiger partial charge in [-0.05, 0) is 20.3 Å². The van der Waals surface area contributed by atoms with Gasteiger partial charge in [-0.3, -0.25) is 9.48 Å². The first-order valence-electron chi connectivity index (χ1n) is 4.95. The molecule has 1 rings (SSSR count). The van der Waals surface area contributed by atoms with Crippen LogP contribution in [0, 0.1) is 0 Å². The fraction of sp³-hybridized carbons (Fsp3) is 0.600. The molecule has 5 heteroatoms. The number of aryl methyl sites for hydroxylation is 1. The zero-order chi connectivity index (χ0) is 11.5. The third kappa shape index (κ3) is 4.60. The van der Waals surface area contributed by atoms with Gasteiger partial charge < -0.3 is 11.1 Å². The molecule has 0 aliphatic rings. The zero-order valence-corrected chi connectivity index (χ0v) is 9.45. The SMILES string of the molecule is Cn1ccc(NC(=O)CCC(C)(C)N)n1. The summed E-state index contributed by atoms with van der Waals surface area (Å²) in [6.45, 7) is 3.81. The van der Waals surface area contributed by atoms with Gasteiger partial charge in [-0.15, -0.1) is 0 Å². The molecule has 0 radical (unpaired) electrons. The largest absolute Gasteiger partial charge is 0.326 e. The summed E-state index contributed by atoms with van der Waals surface area (Å²) in [5.41, 5.74) is 5.48. The number of aromatic nitrogens is 2. The van der Waals surface area contributed by atoms with Crippen molar-refractivity contribution in [2.45, 2.75) is 32.2 Å². The van der Waals surface area contributed by atoms with Crippen molar-refractivity contribution >= 4 is 11.7 Å². The van der Waals surface area contributed by atoms with E-state index in [1.165, 1.54) is 0 Å². The summed E-state index contributed by atoms with van der Waals surface area (Å²) in [5, 5.41) is 6.76. The molecular weight excluding hydrogens is 192 g/mol. The summed E-state index contributed by atoms with van der Waals surface area (Å²) in [7, 11) is 1.80. The van der Waals surface area contributed by atoms with Crippen LogP contribution >= 0.6 is 0 Å². The van der Waals surface area contributed by atoms with Crippen LogP contribution in [0.1, 0.15) is 26.7 Å². The molecule has 3 N–H and O–H groups in total. The Labute approximate surface area is 89.6 Å². The van der Waals surface area contributed by atoms with E-state index in [1.807, 2.05) is 13.8 Å². The highest BCUT2D eigenvalue weighted by atomic mass is 16.1. The average Bonchev–Trinajstić information content (AvgIpc) is 2.47. The Hall–Kier alpha value is -1.36. The maximum atomic E-state index is 11.5. The van der Waals surface area contributed by atoms with Crippen LogP contribution in [0.5, 0.6) is 0 Å². The van der Waals surface area contributed by atoms with Crippen molar-refractivity contribution in [3.63, 3.8) is 0 Å². The molecule has 0 atom stereocenters. The van der Waals surface area contributed by atoms with Crippen LogP contribution in [0.3, 0.4) is 0 Å². The van der Waals surface area contributed by atoms with Gasteiger partial charge in [-0.2, -0.15) is 5.10 Å². The fourth-order valence-electron chi connectivity index (χ4n) is 1.12. The Morgan fingerprint density at radius 2 is 2.33 bits per heavy atom. The van der Waals surface area contributed by atoms with E-state index in [2.05, 4.69) is 10.4 Å². The predicted molar refractivity (Wildman–Crippen MR) is 59.3 cm³/mol. The molecule has 1 aromatic heterocycles. The van der Waals surface area contributed by atoms with Crippen LogP contribution in [-0.2, 0) is 11.8 Å². The van der Waals surface area contributed by atoms with Gasteiger partial charge in [0.2, 0.25) is 5.91 Å². The van der Waals surface area contributed by atoms with Crippen LogP contribution < -0.4 is 11.1 Å². The van der Waals surface area contributed by atoms with E-state index < -0.39 is 0 Å². The van der Waals surface area contributed by atoms with Crippen LogP contribution in [-0.4, -0.2) is 21.2 Å². The number of hydrogen-bond acceptors (Lipinski definition) is 3. The van der Waals surface area contributed by atoms with Crippen molar-refractivity contribution in [1.82, 2.24) is 9.78 Å². The van der Waals surface area contributed by atoms with Gasteiger partial charge in [-0.25, -0.2) is 0 Å². The van der Waals surface area contributed by atoms with Gasteiger partial charge >= 0.3 is 0 Å². The molecule has 0 spiro atoms. The molecule has 0 aromatic carbocycles. The normalized spacial score (nSPS) is 11.5. The number of anilines is 1. The molecule has 0 bridgehead atoms. The molecular formula is C10H18N4O. The Balaban J connectivity index is 2.37. The van der Waals surface area contributed by atoms with E-state index in [0.29, 0.717) is 18.7 Å². The summed E-state index contributed by atoms with van der Waals surface area (Å²) in [5.74, 6) is 0.532. The quantitative estimate of drug-likeness (QED) is 0.774. The summed E-state index contributed by atoms with van der Waals surface area (Å²) in [6, 6.07) is 1.76. The van der Waals surface area contributed by atoms with Crippen LogP contribution in [0.25, 0.3) is 0 Å². The van der Waals surface area contributed by atoms with E-state index in [0.717, 1.165) is 0 Å². The number of amides is 1. The summed E-state index contributed by atoms with van der Waals surface area (Å²) < 4.78 is 1.64. The Morgan fingerprint density at radius 3 is 2.80 bits per heavy atom. The molecule has 15 heavy (non-hydrogen) atoms. The molecule has 1 aromatic rings. The topological polar surface area (TPSA) is 72.9 Å². The summed E-state index contributed by atoms with van der Waals surface area (Å²) in [4.78, 5) is 11.5. The van der Waals surface area contributed by atoms with Gasteiger partial charge in [0, 0.05) is 31.3 Å². The van der Waals surface area contributed by atoms with Crippen LogP contribution in [0.2, 0.25) is 0 Å². The van der Waals surface area contributed by atoms with Crippen molar-refractivity contribution in [3.8, 4) is 0 Å². The molecule has 1 heterocycles. The second-order valence-electron chi connectivity index (χ2n) is 4.41. The number of rotatable bonds is 4. The molecule has 0 fully saturated rings. The monoisotopic (exact) mass is 210 g/mol. The molecule has 0 aliphatic carbocycles. The lowest BCUT2D eigenvalue weighted by atomic mass is 10.00. The highest BCUT2D eigenvalue weighted by Gasteiger charge is 2.13. The number of carbonyl (C=O) groups excluding carboxylic acids is 1. The maximum absolute atomic E-state index is 11.5. The summed E-state index contributed by atoms with van der Waals surface area (Å²) >= 11 is 0. The predicted octanol–water partition coefficient (Wildman–Crippen LogP) is 0.876. The van der Waals surface area contributed by atoms with E-state index in [9.17, 15) is 4.79 Å². The first kappa shape index (κ1) is 11.7. The molecule has 1 amide bonds. The second-order valence-corrected chi connectivity index (χ2v) is 4.41. The number of nitrogens with zero attached hydrogens (tertiary/aromatic N) is 2. The third-order valence-corrected chi connectivity index (χ3v) is 1.98. The highest BCUT2D eigenvalue weighted by molar-refractivity contribution is 5.89. The number of hydrogen-bond donors (Lipinski definition) is 2. The molecule has 0 aliphatic heterocycles. The van der Waals surface area contributed by atoms with Crippen molar-refractivity contribution in [3.05, 3.63) is 12.3 Å². The van der Waals surface area contributed by atoms with Crippen LogP contribution in [0.4, 0.5) is 5.82 Å². The lowest BCUT2D eigenvalue weighted by Gasteiger charge is -2.17. The van der Waals surface area contributed by atoms with Gasteiger partial charge in [0.25, 0.3) is 0 Å². The first-order chi connectivity index (χ1) is 6.87. The average molecular weight is 210 g/mol. The zero-order valence-electron chi connectivity index (χ0n) is 9.45. The lowest BCUT2D eigenvalue weighted by molar-refractivity contribution is -0.116. The summed E-state index contributed by atoms with van der Waals surface area (Å²) in [6.07, 6.45) is 2.86. The minimum atomic E-state index is -0.304. The molecule has 0 saturated carbocycles. The van der Waals surface area contributed by atoms with Crippen LogP contribution in [0.15, 0.2) is 12.3 Å². The lowest BCUT2D eigenvalue weighted by Crippen LogP contribution is -2.33. The molecule has 0 unspecified atom stereocenters. The standard InChI is InChI=1S/C10H18N4O/c1-10(2,11)6-4-9(15)12-8-5-7-14(3)13-8/h5,7H,4,6,11H2,1-3H3,(H,12,13,15). The van der Waals surface area contributed by atoms with E-state index in [1.54, 1.807) is 24.0 Å². The van der Waals surface area contributed by atoms with Gasteiger partial charge in [0.1, 0.15) is 0 Å². The number of carbonyl (C=O) groups is 1. The smallest absolute Gasteiger partial charge is 0.225 e. The Kier molecular flexibility index (Phi) is 3.47. The number of nitrogens with one attached hydrogen (secondary N) is 1.